The summed E-state index contributed by atoms with van der Waals surface area (Å²) in [5.74, 6) is -1.84. The van der Waals surface area contributed by atoms with Crippen molar-refractivity contribution in [3.8, 4) is 6.07 Å². The van der Waals surface area contributed by atoms with Crippen LogP contribution in [0, 0.1) is 11.3 Å². The van der Waals surface area contributed by atoms with Gasteiger partial charge in [0.2, 0.25) is 0 Å². The van der Waals surface area contributed by atoms with Crippen LogP contribution in [0.5, 0.6) is 0 Å². The quantitative estimate of drug-likeness (QED) is 0.631. The average molecular weight is 431 g/mol. The lowest BCUT2D eigenvalue weighted by Gasteiger charge is -2.38. The molecule has 0 aromatic heterocycles. The van der Waals surface area contributed by atoms with E-state index in [1.807, 2.05) is 49.1 Å². The number of methoxy groups -OCH3 is 1. The van der Waals surface area contributed by atoms with Crippen molar-refractivity contribution in [1.82, 2.24) is 4.90 Å². The van der Waals surface area contributed by atoms with E-state index in [0.29, 0.717) is 40.2 Å². The average Bonchev–Trinajstić information content (AvgIpc) is 2.81. The van der Waals surface area contributed by atoms with E-state index < -0.39 is 17.9 Å². The van der Waals surface area contributed by atoms with Crippen molar-refractivity contribution in [2.45, 2.75) is 33.2 Å². The highest BCUT2D eigenvalue weighted by atomic mass is 16.5. The molecule has 32 heavy (non-hydrogen) atoms. The van der Waals surface area contributed by atoms with Gasteiger partial charge in [0.15, 0.2) is 0 Å². The van der Waals surface area contributed by atoms with Crippen LogP contribution in [0.15, 0.2) is 77.1 Å². The fourth-order valence-electron chi connectivity index (χ4n) is 4.12. The van der Waals surface area contributed by atoms with Crippen molar-refractivity contribution >= 4 is 11.9 Å². The summed E-state index contributed by atoms with van der Waals surface area (Å²) in [6.07, 6.45) is 0. The molecule has 1 aliphatic rings. The number of nitriles is 1. The molecule has 6 heteroatoms. The molecule has 1 unspecified atom stereocenters. The number of hydrogen-bond acceptors (Lipinski definition) is 6. The first kappa shape index (κ1) is 22.8. The van der Waals surface area contributed by atoms with Gasteiger partial charge in [-0.25, -0.2) is 9.59 Å². The minimum Gasteiger partial charge on any atom is -0.466 e. The van der Waals surface area contributed by atoms with Crippen LogP contribution in [0.1, 0.15) is 43.4 Å². The maximum atomic E-state index is 13.2. The van der Waals surface area contributed by atoms with Crippen molar-refractivity contribution in [1.29, 1.82) is 5.26 Å². The molecule has 3 rings (SSSR count). The third-order valence-corrected chi connectivity index (χ3v) is 5.64. The smallest absolute Gasteiger partial charge is 0.336 e. The van der Waals surface area contributed by atoms with Crippen molar-refractivity contribution < 1.29 is 19.1 Å². The number of carbonyl (C=O) groups excluding carboxylic acids is 2. The molecule has 0 N–H and O–H groups in total. The van der Waals surface area contributed by atoms with E-state index in [-0.39, 0.29) is 6.61 Å². The van der Waals surface area contributed by atoms with Gasteiger partial charge in [0.1, 0.15) is 0 Å². The number of rotatable bonds is 6. The SMILES string of the molecule is CCOC(=O)C1=C(C)N(Cc2ccccc2)C(C)=C(C(=O)OC)C1c1ccccc1C#N. The summed E-state index contributed by atoms with van der Waals surface area (Å²) in [7, 11) is 1.31. The molecular weight excluding hydrogens is 404 g/mol. The van der Waals surface area contributed by atoms with E-state index in [0.717, 1.165) is 5.56 Å². The number of hydrogen-bond donors (Lipinski definition) is 0. The molecule has 1 atom stereocenters. The topological polar surface area (TPSA) is 79.6 Å². The highest BCUT2D eigenvalue weighted by Crippen LogP contribution is 2.44. The molecule has 1 aliphatic heterocycles. The molecule has 0 spiro atoms. The number of ether oxygens (including phenoxy) is 2. The molecule has 164 valence electrons. The maximum Gasteiger partial charge on any atom is 0.336 e. The summed E-state index contributed by atoms with van der Waals surface area (Å²) in [6, 6.07) is 18.9. The predicted octanol–water partition coefficient (Wildman–Crippen LogP) is 4.44. The van der Waals surface area contributed by atoms with Gasteiger partial charge in [-0.05, 0) is 38.0 Å². The first-order chi connectivity index (χ1) is 15.4. The largest absolute Gasteiger partial charge is 0.466 e. The Balaban J connectivity index is 2.28. The van der Waals surface area contributed by atoms with Gasteiger partial charge in [-0.1, -0.05) is 48.5 Å². The third-order valence-electron chi connectivity index (χ3n) is 5.64. The molecule has 2 aromatic carbocycles. The zero-order valence-electron chi connectivity index (χ0n) is 18.7. The first-order valence-electron chi connectivity index (χ1n) is 10.4. The van der Waals surface area contributed by atoms with Crippen LogP contribution in [-0.4, -0.2) is 30.6 Å². The van der Waals surface area contributed by atoms with Gasteiger partial charge in [0.25, 0.3) is 0 Å². The van der Waals surface area contributed by atoms with E-state index in [1.165, 1.54) is 7.11 Å². The number of carbonyl (C=O) groups is 2. The fourth-order valence-corrected chi connectivity index (χ4v) is 4.12. The normalized spacial score (nSPS) is 16.0. The zero-order valence-corrected chi connectivity index (χ0v) is 18.7. The molecule has 0 saturated carbocycles. The molecular formula is C26H26N2O4. The van der Waals surface area contributed by atoms with Crippen molar-refractivity contribution in [3.63, 3.8) is 0 Å². The van der Waals surface area contributed by atoms with Gasteiger partial charge in [-0.3, -0.25) is 0 Å². The monoisotopic (exact) mass is 430 g/mol. The Bertz CT molecular complexity index is 1130. The fraction of sp³-hybridized carbons (Fsp3) is 0.269. The maximum absolute atomic E-state index is 13.2. The van der Waals surface area contributed by atoms with E-state index in [4.69, 9.17) is 9.47 Å². The van der Waals surface area contributed by atoms with E-state index in [9.17, 15) is 14.9 Å². The van der Waals surface area contributed by atoms with Gasteiger partial charge >= 0.3 is 11.9 Å². The van der Waals surface area contributed by atoms with E-state index in [1.54, 1.807) is 31.2 Å². The van der Waals surface area contributed by atoms with Crippen LogP contribution in [0.2, 0.25) is 0 Å². The highest BCUT2D eigenvalue weighted by molar-refractivity contribution is 6.00. The van der Waals surface area contributed by atoms with Crippen molar-refractivity contribution in [3.05, 3.63) is 93.8 Å². The Kier molecular flexibility index (Phi) is 7.11. The summed E-state index contributed by atoms with van der Waals surface area (Å²) in [4.78, 5) is 28.1. The summed E-state index contributed by atoms with van der Waals surface area (Å²) in [6.45, 7) is 6.07. The lowest BCUT2D eigenvalue weighted by molar-refractivity contribution is -0.139. The van der Waals surface area contributed by atoms with Gasteiger partial charge in [-0.2, -0.15) is 5.26 Å². The van der Waals surface area contributed by atoms with E-state index >= 15 is 0 Å². The molecule has 0 saturated heterocycles. The number of benzene rings is 2. The van der Waals surface area contributed by atoms with Crippen LogP contribution >= 0.6 is 0 Å². The van der Waals surface area contributed by atoms with Gasteiger partial charge < -0.3 is 14.4 Å². The molecule has 0 bridgehead atoms. The molecule has 0 fully saturated rings. The van der Waals surface area contributed by atoms with Crippen LogP contribution in [0.3, 0.4) is 0 Å². The van der Waals surface area contributed by atoms with Crippen molar-refractivity contribution in [2.75, 3.05) is 13.7 Å². The molecule has 1 heterocycles. The summed E-state index contributed by atoms with van der Waals surface area (Å²) in [5, 5.41) is 9.71. The van der Waals surface area contributed by atoms with Crippen molar-refractivity contribution in [2.24, 2.45) is 0 Å². The molecule has 0 aliphatic carbocycles. The Hall–Kier alpha value is -3.85. The third kappa shape index (κ3) is 4.28. The standard InChI is InChI=1S/C26H26N2O4/c1-5-32-26(30)23-18(3)28(16-19-11-7-6-8-12-19)17(2)22(25(29)31-4)24(23)21-14-10-9-13-20(21)15-27/h6-14,24H,5,16H2,1-4H3. The summed E-state index contributed by atoms with van der Waals surface area (Å²) >= 11 is 0. The summed E-state index contributed by atoms with van der Waals surface area (Å²) in [5.41, 5.74) is 3.97. The second-order valence-corrected chi connectivity index (χ2v) is 7.41. The lowest BCUT2D eigenvalue weighted by Crippen LogP contribution is -2.35. The molecule has 2 aromatic rings. The second-order valence-electron chi connectivity index (χ2n) is 7.41. The van der Waals surface area contributed by atoms with E-state index in [2.05, 4.69) is 6.07 Å². The number of nitrogens with zero attached hydrogens (tertiary/aromatic N) is 2. The second kappa shape index (κ2) is 9.97. The lowest BCUT2D eigenvalue weighted by atomic mass is 9.78. The van der Waals surface area contributed by atoms with Crippen LogP contribution < -0.4 is 0 Å². The van der Waals surface area contributed by atoms with Crippen LogP contribution in [-0.2, 0) is 25.6 Å². The highest BCUT2D eigenvalue weighted by Gasteiger charge is 2.41. The number of allylic oxidation sites excluding steroid dienone is 2. The minimum absolute atomic E-state index is 0.192. The molecule has 6 nitrogen and oxygen atoms in total. The van der Waals surface area contributed by atoms with Crippen LogP contribution in [0.4, 0.5) is 0 Å². The van der Waals surface area contributed by atoms with Gasteiger partial charge in [-0.15, -0.1) is 0 Å². The minimum atomic E-state index is -0.774. The number of esters is 2. The van der Waals surface area contributed by atoms with Gasteiger partial charge in [0.05, 0.1) is 42.4 Å². The Morgan fingerprint density at radius 3 is 2.16 bits per heavy atom. The zero-order chi connectivity index (χ0) is 23.3. The van der Waals surface area contributed by atoms with Crippen LogP contribution in [0.25, 0.3) is 0 Å². The predicted molar refractivity (Wildman–Crippen MR) is 120 cm³/mol. The Morgan fingerprint density at radius 1 is 0.969 bits per heavy atom. The Morgan fingerprint density at radius 2 is 1.56 bits per heavy atom. The first-order valence-corrected chi connectivity index (χ1v) is 10.4. The van der Waals surface area contributed by atoms with Gasteiger partial charge in [0, 0.05) is 17.9 Å². The Labute approximate surface area is 188 Å². The summed E-state index contributed by atoms with van der Waals surface area (Å²) < 4.78 is 10.5. The molecule has 0 amide bonds. The molecule has 0 radical (unpaired) electrons.